The summed E-state index contributed by atoms with van der Waals surface area (Å²) in [5.41, 5.74) is -0.874. The molecule has 0 saturated carbocycles. The lowest BCUT2D eigenvalue weighted by atomic mass is 10.0. The van der Waals surface area contributed by atoms with Crippen molar-refractivity contribution in [2.45, 2.75) is 12.2 Å². The first kappa shape index (κ1) is 15.5. The molecule has 2 aromatic rings. The van der Waals surface area contributed by atoms with E-state index in [1.165, 1.54) is 17.4 Å². The smallest absolute Gasteiger partial charge is 0.309 e. The van der Waals surface area contributed by atoms with Crippen LogP contribution in [0.1, 0.15) is 22.0 Å². The van der Waals surface area contributed by atoms with Crippen molar-refractivity contribution in [2.75, 3.05) is 7.05 Å². The zero-order valence-corrected chi connectivity index (χ0v) is 12.7. The summed E-state index contributed by atoms with van der Waals surface area (Å²) < 4.78 is 52.4. The number of benzene rings is 1. The molecule has 20 heavy (non-hydrogen) atoms. The van der Waals surface area contributed by atoms with Gasteiger partial charge in [0.2, 0.25) is 0 Å². The molecule has 1 nitrogen and oxygen atoms in total. The topological polar surface area (TPSA) is 12.0 Å². The van der Waals surface area contributed by atoms with Gasteiger partial charge in [0.25, 0.3) is 0 Å². The molecule has 0 saturated heterocycles. The van der Waals surface area contributed by atoms with E-state index in [2.05, 4.69) is 21.2 Å². The fraction of sp³-hybridized carbons (Fsp3) is 0.231. The quantitative estimate of drug-likeness (QED) is 0.754. The van der Waals surface area contributed by atoms with Crippen LogP contribution >= 0.6 is 27.3 Å². The number of thiophene rings is 1. The zero-order valence-electron chi connectivity index (χ0n) is 10.3. The molecule has 1 heterocycles. The molecule has 0 spiro atoms. The van der Waals surface area contributed by atoms with E-state index in [0.717, 1.165) is 21.5 Å². The first-order valence-corrected chi connectivity index (χ1v) is 7.28. The SMILES string of the molecule is CNC(c1ccc(F)c(C(F)(F)F)c1)c1cc(Br)cs1. The number of hydrogen-bond donors (Lipinski definition) is 1. The predicted molar refractivity (Wildman–Crippen MR) is 74.3 cm³/mol. The Morgan fingerprint density at radius 2 is 1.95 bits per heavy atom. The Bertz CT molecular complexity index is 609. The van der Waals surface area contributed by atoms with Gasteiger partial charge in [-0.2, -0.15) is 13.2 Å². The minimum atomic E-state index is -4.70. The average molecular weight is 368 g/mol. The molecule has 0 aliphatic rings. The van der Waals surface area contributed by atoms with Crippen LogP contribution in [0.5, 0.6) is 0 Å². The van der Waals surface area contributed by atoms with E-state index in [4.69, 9.17) is 0 Å². The van der Waals surface area contributed by atoms with E-state index >= 15 is 0 Å². The van der Waals surface area contributed by atoms with Gasteiger partial charge in [0, 0.05) is 14.7 Å². The first-order valence-electron chi connectivity index (χ1n) is 5.60. The van der Waals surface area contributed by atoms with Crippen molar-refractivity contribution >= 4 is 27.3 Å². The van der Waals surface area contributed by atoms with Crippen molar-refractivity contribution in [3.8, 4) is 0 Å². The van der Waals surface area contributed by atoms with Crippen LogP contribution < -0.4 is 5.32 Å². The summed E-state index contributed by atoms with van der Waals surface area (Å²) in [6.07, 6.45) is -4.70. The standard InChI is InChI=1S/C13H10BrF4NS/c1-19-12(11-5-8(14)6-20-11)7-2-3-10(15)9(4-7)13(16,17)18/h2-6,12,19H,1H3. The Morgan fingerprint density at radius 1 is 1.25 bits per heavy atom. The summed E-state index contributed by atoms with van der Waals surface area (Å²) in [4.78, 5) is 0.846. The van der Waals surface area contributed by atoms with Gasteiger partial charge < -0.3 is 5.32 Å². The van der Waals surface area contributed by atoms with Crippen molar-refractivity contribution in [1.29, 1.82) is 0 Å². The second kappa shape index (κ2) is 5.83. The molecule has 1 aromatic carbocycles. The average Bonchev–Trinajstić information content (AvgIpc) is 2.77. The fourth-order valence-electron chi connectivity index (χ4n) is 1.89. The highest BCUT2D eigenvalue weighted by molar-refractivity contribution is 9.10. The summed E-state index contributed by atoms with van der Waals surface area (Å²) in [6, 6.07) is 4.48. The minimum Gasteiger partial charge on any atom is -0.309 e. The summed E-state index contributed by atoms with van der Waals surface area (Å²) in [7, 11) is 1.65. The van der Waals surface area contributed by atoms with Gasteiger partial charge >= 0.3 is 6.18 Å². The van der Waals surface area contributed by atoms with Crippen molar-refractivity contribution in [3.05, 3.63) is 55.9 Å². The van der Waals surface area contributed by atoms with Gasteiger partial charge in [-0.05, 0) is 46.7 Å². The molecular formula is C13H10BrF4NS. The molecule has 108 valence electrons. The molecule has 0 aliphatic carbocycles. The summed E-state index contributed by atoms with van der Waals surface area (Å²) >= 11 is 4.71. The predicted octanol–water partition coefficient (Wildman–Crippen LogP) is 4.98. The second-order valence-corrected chi connectivity index (χ2v) is 5.98. The number of nitrogens with one attached hydrogen (secondary N) is 1. The van der Waals surface area contributed by atoms with E-state index in [1.54, 1.807) is 7.05 Å². The molecule has 7 heteroatoms. The van der Waals surface area contributed by atoms with Crippen LogP contribution in [0.25, 0.3) is 0 Å². The van der Waals surface area contributed by atoms with Gasteiger partial charge in [-0.3, -0.25) is 0 Å². The highest BCUT2D eigenvalue weighted by Crippen LogP contribution is 2.35. The third-order valence-corrected chi connectivity index (χ3v) is 4.55. The maximum atomic E-state index is 13.3. The largest absolute Gasteiger partial charge is 0.419 e. The van der Waals surface area contributed by atoms with Gasteiger partial charge in [0.15, 0.2) is 0 Å². The number of hydrogen-bond acceptors (Lipinski definition) is 2. The first-order chi connectivity index (χ1) is 9.32. The summed E-state index contributed by atoms with van der Waals surface area (Å²) in [6.45, 7) is 0. The van der Waals surface area contributed by atoms with Gasteiger partial charge in [-0.15, -0.1) is 11.3 Å². The summed E-state index contributed by atoms with van der Waals surface area (Å²) in [5, 5.41) is 4.79. The molecule has 0 bridgehead atoms. The lowest BCUT2D eigenvalue weighted by Crippen LogP contribution is -2.18. The van der Waals surface area contributed by atoms with E-state index in [-0.39, 0.29) is 0 Å². The Balaban J connectivity index is 2.46. The van der Waals surface area contributed by atoms with Crippen LogP contribution in [0.2, 0.25) is 0 Å². The number of halogens is 5. The highest BCUT2D eigenvalue weighted by Gasteiger charge is 2.34. The van der Waals surface area contributed by atoms with Gasteiger partial charge in [-0.1, -0.05) is 6.07 Å². The van der Waals surface area contributed by atoms with Crippen LogP contribution in [0.15, 0.2) is 34.1 Å². The monoisotopic (exact) mass is 367 g/mol. The van der Waals surface area contributed by atoms with Crippen molar-refractivity contribution in [2.24, 2.45) is 0 Å². The van der Waals surface area contributed by atoms with Crippen LogP contribution in [0.3, 0.4) is 0 Å². The normalized spacial score (nSPS) is 13.5. The Hall–Kier alpha value is -0.920. The fourth-order valence-corrected chi connectivity index (χ4v) is 3.47. The van der Waals surface area contributed by atoms with E-state index in [9.17, 15) is 17.6 Å². The van der Waals surface area contributed by atoms with Crippen molar-refractivity contribution < 1.29 is 17.6 Å². The molecule has 1 atom stereocenters. The highest BCUT2D eigenvalue weighted by atomic mass is 79.9. The molecule has 0 aliphatic heterocycles. The second-order valence-electron chi connectivity index (χ2n) is 4.13. The molecule has 2 rings (SSSR count). The third kappa shape index (κ3) is 3.21. The Kier molecular flexibility index (Phi) is 4.51. The Labute approximate surface area is 125 Å². The van der Waals surface area contributed by atoms with Gasteiger partial charge in [0.05, 0.1) is 11.6 Å². The maximum Gasteiger partial charge on any atom is 0.419 e. The lowest BCUT2D eigenvalue weighted by Gasteiger charge is -2.17. The van der Waals surface area contributed by atoms with E-state index < -0.39 is 23.6 Å². The van der Waals surface area contributed by atoms with Crippen molar-refractivity contribution in [1.82, 2.24) is 5.32 Å². The molecule has 1 aromatic heterocycles. The van der Waals surface area contributed by atoms with Gasteiger partial charge in [-0.25, -0.2) is 4.39 Å². The van der Waals surface area contributed by atoms with Gasteiger partial charge in [0.1, 0.15) is 5.82 Å². The van der Waals surface area contributed by atoms with Crippen LogP contribution in [0, 0.1) is 5.82 Å². The molecular weight excluding hydrogens is 358 g/mol. The zero-order chi connectivity index (χ0) is 14.9. The van der Waals surface area contributed by atoms with E-state index in [1.807, 2.05) is 11.4 Å². The molecule has 1 unspecified atom stereocenters. The van der Waals surface area contributed by atoms with Crippen LogP contribution in [-0.4, -0.2) is 7.05 Å². The van der Waals surface area contributed by atoms with E-state index in [0.29, 0.717) is 5.56 Å². The number of rotatable bonds is 3. The lowest BCUT2D eigenvalue weighted by molar-refractivity contribution is -0.140. The minimum absolute atomic E-state index is 0.371. The Morgan fingerprint density at radius 3 is 2.45 bits per heavy atom. The number of alkyl halides is 3. The molecule has 0 fully saturated rings. The molecule has 0 amide bonds. The third-order valence-electron chi connectivity index (χ3n) is 2.79. The maximum absolute atomic E-state index is 13.3. The molecule has 1 N–H and O–H groups in total. The summed E-state index contributed by atoms with van der Waals surface area (Å²) in [5.74, 6) is -1.26. The molecule has 0 radical (unpaired) electrons. The van der Waals surface area contributed by atoms with Crippen LogP contribution in [0.4, 0.5) is 17.6 Å². The van der Waals surface area contributed by atoms with Crippen LogP contribution in [-0.2, 0) is 6.18 Å². The van der Waals surface area contributed by atoms with Crippen molar-refractivity contribution in [3.63, 3.8) is 0 Å².